The maximum atomic E-state index is 12.0. The summed E-state index contributed by atoms with van der Waals surface area (Å²) in [6.45, 7) is 3.87. The van der Waals surface area contributed by atoms with E-state index in [1.54, 1.807) is 30.5 Å². The third kappa shape index (κ3) is 4.25. The largest absolute Gasteiger partial charge is 0.508 e. The van der Waals surface area contributed by atoms with Gasteiger partial charge in [-0.3, -0.25) is 15.1 Å². The van der Waals surface area contributed by atoms with Crippen LogP contribution in [0.15, 0.2) is 72.9 Å². The first-order valence-corrected chi connectivity index (χ1v) is 12.0. The molecule has 0 radical (unpaired) electrons. The predicted molar refractivity (Wildman–Crippen MR) is 144 cm³/mol. The molecule has 9 nitrogen and oxygen atoms in total. The van der Waals surface area contributed by atoms with Gasteiger partial charge in [0.1, 0.15) is 17.2 Å². The summed E-state index contributed by atoms with van der Waals surface area (Å²) in [5, 5.41) is 25.8. The van der Waals surface area contributed by atoms with Crippen LogP contribution in [-0.4, -0.2) is 31.8 Å². The van der Waals surface area contributed by atoms with Gasteiger partial charge in [-0.2, -0.15) is 0 Å². The van der Waals surface area contributed by atoms with Crippen LogP contribution in [0.3, 0.4) is 0 Å². The Morgan fingerprint density at radius 3 is 2.51 bits per heavy atom. The van der Waals surface area contributed by atoms with Crippen LogP contribution in [0.5, 0.6) is 11.5 Å². The van der Waals surface area contributed by atoms with Gasteiger partial charge in [-0.15, -0.1) is 0 Å². The normalized spacial score (nSPS) is 17.1. The highest BCUT2D eigenvalue weighted by molar-refractivity contribution is 7.80. The van der Waals surface area contributed by atoms with E-state index in [9.17, 15) is 15.2 Å². The molecule has 4 aromatic rings. The van der Waals surface area contributed by atoms with E-state index < -0.39 is 4.92 Å². The molecule has 0 saturated carbocycles. The van der Waals surface area contributed by atoms with Gasteiger partial charge in [0.2, 0.25) is 0 Å². The van der Waals surface area contributed by atoms with Crippen LogP contribution in [0, 0.1) is 24.0 Å². The Labute approximate surface area is 219 Å². The number of hydrogen-bond acceptors (Lipinski definition) is 6. The summed E-state index contributed by atoms with van der Waals surface area (Å²) in [7, 11) is 1.48. The van der Waals surface area contributed by atoms with E-state index in [1.165, 1.54) is 13.2 Å². The molecule has 188 valence electrons. The Morgan fingerprint density at radius 2 is 1.86 bits per heavy atom. The smallest absolute Gasteiger partial charge is 0.296 e. The standard InChI is InChI=1S/C27H25N5O4S/c1-16-14-21(17(2)30(16)23-12-11-20(36-3)15-24(23)32(34)35)26-25(22-6-4-5-13-28-22)29-27(37)31(26)18-7-9-19(33)10-8-18/h4-15,25-26,33H,1-3H3,(H,29,37). The SMILES string of the molecule is COc1ccc(-n2c(C)cc(C3C(c4ccccn4)NC(=S)N3c3ccc(O)cc3)c2C)c([N+](=O)[O-])c1. The second kappa shape index (κ2) is 9.55. The summed E-state index contributed by atoms with van der Waals surface area (Å²) in [6.07, 6.45) is 1.74. The molecule has 0 amide bonds. The molecule has 5 rings (SSSR count). The molecule has 2 atom stereocenters. The van der Waals surface area contributed by atoms with Crippen molar-refractivity contribution in [3.05, 3.63) is 106 Å². The third-order valence-corrected chi connectivity index (χ3v) is 6.95. The Kier molecular flexibility index (Phi) is 6.26. The molecule has 37 heavy (non-hydrogen) atoms. The number of nitro benzene ring substituents is 1. The number of methoxy groups -OCH3 is 1. The number of nitro groups is 1. The summed E-state index contributed by atoms with van der Waals surface area (Å²) in [5.74, 6) is 0.571. The first-order chi connectivity index (χ1) is 17.8. The minimum Gasteiger partial charge on any atom is -0.508 e. The number of nitrogens with one attached hydrogen (secondary N) is 1. The van der Waals surface area contributed by atoms with E-state index in [0.717, 1.165) is 28.3 Å². The van der Waals surface area contributed by atoms with Crippen LogP contribution in [0.1, 0.15) is 34.7 Å². The van der Waals surface area contributed by atoms with Gasteiger partial charge >= 0.3 is 0 Å². The highest BCUT2D eigenvalue weighted by Gasteiger charge is 2.42. The number of nitrogens with zero attached hydrogens (tertiary/aromatic N) is 4. The highest BCUT2D eigenvalue weighted by Crippen LogP contribution is 2.44. The molecule has 2 N–H and O–H groups in total. The number of phenols is 1. The Morgan fingerprint density at radius 1 is 1.11 bits per heavy atom. The van der Waals surface area contributed by atoms with E-state index >= 15 is 0 Å². The van der Waals surface area contributed by atoms with Crippen molar-refractivity contribution in [1.29, 1.82) is 0 Å². The van der Waals surface area contributed by atoms with Crippen LogP contribution in [0.2, 0.25) is 0 Å². The van der Waals surface area contributed by atoms with Crippen molar-refractivity contribution in [2.75, 3.05) is 12.0 Å². The van der Waals surface area contributed by atoms with Crippen molar-refractivity contribution >= 4 is 28.7 Å². The van der Waals surface area contributed by atoms with Gasteiger partial charge in [-0.05, 0) is 86.2 Å². The molecule has 3 heterocycles. The number of phenolic OH excluding ortho intramolecular Hbond substituents is 1. The number of aryl methyl sites for hydroxylation is 1. The first-order valence-electron chi connectivity index (χ1n) is 11.6. The number of aromatic nitrogens is 2. The van der Waals surface area contributed by atoms with Gasteiger partial charge < -0.3 is 24.6 Å². The van der Waals surface area contributed by atoms with Crippen LogP contribution < -0.4 is 15.0 Å². The van der Waals surface area contributed by atoms with E-state index in [-0.39, 0.29) is 23.5 Å². The zero-order chi connectivity index (χ0) is 26.3. The molecular weight excluding hydrogens is 490 g/mol. The molecule has 0 aliphatic carbocycles. The number of pyridine rings is 1. The molecule has 2 aromatic heterocycles. The Bertz CT molecular complexity index is 1490. The molecule has 2 unspecified atom stereocenters. The highest BCUT2D eigenvalue weighted by atomic mass is 32.1. The quantitative estimate of drug-likeness (QED) is 0.203. The van der Waals surface area contributed by atoms with Crippen molar-refractivity contribution in [2.24, 2.45) is 0 Å². The minimum atomic E-state index is -0.401. The van der Waals surface area contributed by atoms with Gasteiger partial charge in [0.25, 0.3) is 5.69 Å². The lowest BCUT2D eigenvalue weighted by molar-refractivity contribution is -0.384. The summed E-state index contributed by atoms with van der Waals surface area (Å²) < 4.78 is 7.11. The summed E-state index contributed by atoms with van der Waals surface area (Å²) in [4.78, 5) is 18.2. The molecule has 1 aliphatic rings. The Balaban J connectivity index is 1.70. The lowest BCUT2D eigenvalue weighted by atomic mass is 9.96. The van der Waals surface area contributed by atoms with Gasteiger partial charge in [0.15, 0.2) is 5.11 Å². The molecule has 10 heteroatoms. The number of thiocarbonyl (C=S) groups is 1. The number of anilines is 1. The lowest BCUT2D eigenvalue weighted by Gasteiger charge is -2.28. The van der Waals surface area contributed by atoms with Gasteiger partial charge in [0, 0.05) is 23.3 Å². The molecule has 1 fully saturated rings. The van der Waals surface area contributed by atoms with Crippen molar-refractivity contribution < 1.29 is 14.8 Å². The molecule has 2 aromatic carbocycles. The minimum absolute atomic E-state index is 0.0514. The predicted octanol–water partition coefficient (Wildman–Crippen LogP) is 5.29. The van der Waals surface area contributed by atoms with Crippen LogP contribution >= 0.6 is 12.2 Å². The number of hydrogen-bond donors (Lipinski definition) is 2. The van der Waals surface area contributed by atoms with Crippen molar-refractivity contribution in [2.45, 2.75) is 25.9 Å². The zero-order valence-electron chi connectivity index (χ0n) is 20.5. The summed E-state index contributed by atoms with van der Waals surface area (Å²) in [6, 6.07) is 18.9. The van der Waals surface area contributed by atoms with Crippen LogP contribution in [0.4, 0.5) is 11.4 Å². The number of benzene rings is 2. The van der Waals surface area contributed by atoms with Crippen LogP contribution in [-0.2, 0) is 0 Å². The average Bonchev–Trinajstić information content (AvgIpc) is 3.39. The van der Waals surface area contributed by atoms with Crippen molar-refractivity contribution in [3.63, 3.8) is 0 Å². The van der Waals surface area contributed by atoms with Crippen LogP contribution in [0.25, 0.3) is 5.69 Å². The maximum absolute atomic E-state index is 12.0. The van der Waals surface area contributed by atoms with E-state index in [4.69, 9.17) is 17.0 Å². The fourth-order valence-electron chi connectivity index (χ4n) is 4.99. The van der Waals surface area contributed by atoms with Crippen molar-refractivity contribution in [1.82, 2.24) is 14.9 Å². The second-order valence-corrected chi connectivity index (χ2v) is 9.17. The molecule has 1 saturated heterocycles. The van der Waals surface area contributed by atoms with E-state index in [0.29, 0.717) is 16.5 Å². The fraction of sp³-hybridized carbons (Fsp3) is 0.185. The summed E-state index contributed by atoms with van der Waals surface area (Å²) in [5.41, 5.74) is 4.64. The monoisotopic (exact) mass is 515 g/mol. The lowest BCUT2D eigenvalue weighted by Crippen LogP contribution is -2.29. The van der Waals surface area contributed by atoms with Gasteiger partial charge in [-0.25, -0.2) is 0 Å². The molecule has 0 bridgehead atoms. The molecule has 1 aliphatic heterocycles. The molecular formula is C27H25N5O4S. The number of rotatable bonds is 6. The molecule has 0 spiro atoms. The fourth-order valence-corrected chi connectivity index (χ4v) is 5.33. The zero-order valence-corrected chi connectivity index (χ0v) is 21.3. The van der Waals surface area contributed by atoms with Gasteiger partial charge in [-0.1, -0.05) is 6.07 Å². The van der Waals surface area contributed by atoms with Crippen molar-refractivity contribution in [3.8, 4) is 17.2 Å². The van der Waals surface area contributed by atoms with E-state index in [2.05, 4.69) is 10.3 Å². The number of aromatic hydroxyl groups is 1. The first kappa shape index (κ1) is 24.3. The van der Waals surface area contributed by atoms with Gasteiger partial charge in [0.05, 0.1) is 35.9 Å². The number of ether oxygens (including phenoxy) is 1. The average molecular weight is 516 g/mol. The van der Waals surface area contributed by atoms with E-state index in [1.807, 2.05) is 59.7 Å². The maximum Gasteiger partial charge on any atom is 0.296 e. The third-order valence-electron chi connectivity index (χ3n) is 6.64. The summed E-state index contributed by atoms with van der Waals surface area (Å²) >= 11 is 5.78. The Hall–Kier alpha value is -4.44. The second-order valence-electron chi connectivity index (χ2n) is 8.79. The topological polar surface area (TPSA) is 106 Å².